The Balaban J connectivity index is 1.37. The molecule has 4 heterocycles. The van der Waals surface area contributed by atoms with E-state index in [0.717, 1.165) is 54.4 Å². The van der Waals surface area contributed by atoms with Gasteiger partial charge in [-0.2, -0.15) is 5.10 Å². The summed E-state index contributed by atoms with van der Waals surface area (Å²) in [6.07, 6.45) is 7.24. The van der Waals surface area contributed by atoms with Gasteiger partial charge in [0.15, 0.2) is 0 Å². The van der Waals surface area contributed by atoms with Crippen LogP contribution >= 0.6 is 0 Å². The van der Waals surface area contributed by atoms with Gasteiger partial charge in [-0.1, -0.05) is 32.9 Å². The van der Waals surface area contributed by atoms with Crippen LogP contribution in [0, 0.1) is 11.8 Å². The zero-order valence-corrected chi connectivity index (χ0v) is 22.9. The number of aryl methyl sites for hydroxylation is 1. The number of rotatable bonds is 4. The highest BCUT2D eigenvalue weighted by atomic mass is 16.2. The quantitative estimate of drug-likeness (QED) is 0.506. The van der Waals surface area contributed by atoms with E-state index in [1.165, 1.54) is 6.20 Å². The van der Waals surface area contributed by atoms with Crippen LogP contribution in [-0.2, 0) is 16.0 Å². The van der Waals surface area contributed by atoms with Gasteiger partial charge in [0.2, 0.25) is 0 Å². The largest absolute Gasteiger partial charge is 0.383 e. The standard InChI is InChI=1S/C29H39N7O2/c1-5-20-11-23(13-31-27(20)30)32-28(37)29(38)35-15-18(2)6-9-26(35)21-7-8-22-16-36(33-25(22)12-21)24-10-19(3)14-34(4)17-24/h7-8,11-13,16,18-19,24,26H,5-6,9-10,14-15,17H2,1-4H3,(H2,30,31)(H,32,37)/t18-,19+,24+,26+/m0/s1. The number of amides is 2. The number of likely N-dealkylation sites (tertiary alicyclic amines) is 2. The number of aromatic nitrogens is 3. The molecule has 2 amide bonds. The molecule has 5 rings (SSSR count). The number of pyridine rings is 1. The predicted molar refractivity (Wildman–Crippen MR) is 150 cm³/mol. The minimum atomic E-state index is -0.654. The van der Waals surface area contributed by atoms with Gasteiger partial charge in [-0.25, -0.2) is 4.98 Å². The molecule has 3 aromatic rings. The lowest BCUT2D eigenvalue weighted by Crippen LogP contribution is -2.46. The van der Waals surface area contributed by atoms with Gasteiger partial charge in [0.05, 0.1) is 29.5 Å². The zero-order valence-electron chi connectivity index (χ0n) is 22.9. The Bertz CT molecular complexity index is 1330. The fourth-order valence-electron chi connectivity index (χ4n) is 6.13. The van der Waals surface area contributed by atoms with Crippen LogP contribution in [0.3, 0.4) is 0 Å². The van der Waals surface area contributed by atoms with E-state index >= 15 is 0 Å². The van der Waals surface area contributed by atoms with E-state index in [2.05, 4.69) is 65.2 Å². The molecule has 2 aliphatic rings. The SMILES string of the molecule is CCc1cc(NC(=O)C(=O)N2C[C@@H](C)CC[C@@H]2c2ccc3cn([C@@H]4C[C@@H](C)CN(C)C4)nc3c2)cnc1N. The van der Waals surface area contributed by atoms with E-state index in [-0.39, 0.29) is 6.04 Å². The van der Waals surface area contributed by atoms with Gasteiger partial charge in [-0.05, 0) is 67.8 Å². The molecule has 2 aromatic heterocycles. The van der Waals surface area contributed by atoms with Gasteiger partial charge in [0, 0.05) is 31.2 Å². The van der Waals surface area contributed by atoms with Crippen molar-refractivity contribution in [1.29, 1.82) is 0 Å². The molecule has 3 N–H and O–H groups in total. The molecule has 0 bridgehead atoms. The van der Waals surface area contributed by atoms with E-state index in [1.807, 2.05) is 6.92 Å². The summed E-state index contributed by atoms with van der Waals surface area (Å²) < 4.78 is 2.12. The molecular formula is C29H39N7O2. The second kappa shape index (κ2) is 10.7. The topological polar surface area (TPSA) is 109 Å². The summed E-state index contributed by atoms with van der Waals surface area (Å²) in [5.74, 6) is 0.208. The number of carbonyl (C=O) groups is 2. The zero-order chi connectivity index (χ0) is 27.0. The molecule has 0 aliphatic carbocycles. The van der Waals surface area contributed by atoms with E-state index in [9.17, 15) is 9.59 Å². The number of hydrogen-bond acceptors (Lipinski definition) is 6. The number of anilines is 2. The van der Waals surface area contributed by atoms with E-state index < -0.39 is 11.8 Å². The Morgan fingerprint density at radius 1 is 1.11 bits per heavy atom. The minimum Gasteiger partial charge on any atom is -0.383 e. The van der Waals surface area contributed by atoms with Crippen LogP contribution in [0.5, 0.6) is 0 Å². The van der Waals surface area contributed by atoms with Gasteiger partial charge in [-0.3, -0.25) is 14.3 Å². The van der Waals surface area contributed by atoms with Gasteiger partial charge in [0.25, 0.3) is 0 Å². The molecule has 38 heavy (non-hydrogen) atoms. The first-order valence-electron chi connectivity index (χ1n) is 13.8. The number of likely N-dealkylation sites (N-methyl/N-ethyl adjacent to an activating group) is 1. The van der Waals surface area contributed by atoms with Crippen molar-refractivity contribution in [2.75, 3.05) is 37.7 Å². The highest BCUT2D eigenvalue weighted by Crippen LogP contribution is 2.35. The summed E-state index contributed by atoms with van der Waals surface area (Å²) in [7, 11) is 2.17. The van der Waals surface area contributed by atoms with E-state index in [1.54, 1.807) is 11.0 Å². The lowest BCUT2D eigenvalue weighted by molar-refractivity contribution is -0.146. The molecule has 1 aromatic carbocycles. The maximum absolute atomic E-state index is 13.4. The maximum Gasteiger partial charge on any atom is 0.313 e. The molecule has 0 radical (unpaired) electrons. The number of benzene rings is 1. The summed E-state index contributed by atoms with van der Waals surface area (Å²) in [5.41, 5.74) is 9.16. The third-order valence-electron chi connectivity index (χ3n) is 8.04. The number of carbonyl (C=O) groups excluding carboxylic acids is 2. The van der Waals surface area contributed by atoms with Crippen molar-refractivity contribution in [1.82, 2.24) is 24.6 Å². The fraction of sp³-hybridized carbons (Fsp3) is 0.517. The van der Waals surface area contributed by atoms with Crippen LogP contribution < -0.4 is 11.1 Å². The lowest BCUT2D eigenvalue weighted by atomic mass is 9.89. The van der Waals surface area contributed by atoms with Gasteiger partial charge in [-0.15, -0.1) is 0 Å². The van der Waals surface area contributed by atoms with Crippen molar-refractivity contribution in [3.8, 4) is 0 Å². The molecule has 9 nitrogen and oxygen atoms in total. The van der Waals surface area contributed by atoms with Crippen molar-refractivity contribution in [3.05, 3.63) is 47.8 Å². The monoisotopic (exact) mass is 517 g/mol. The highest BCUT2D eigenvalue weighted by Gasteiger charge is 2.34. The number of hydrogen-bond donors (Lipinski definition) is 2. The van der Waals surface area contributed by atoms with Crippen LogP contribution in [0.15, 0.2) is 36.7 Å². The molecule has 2 saturated heterocycles. The molecule has 4 atom stereocenters. The fourth-order valence-corrected chi connectivity index (χ4v) is 6.13. The minimum absolute atomic E-state index is 0.171. The Labute approximate surface area is 224 Å². The molecule has 2 aliphatic heterocycles. The second-order valence-electron chi connectivity index (χ2n) is 11.4. The van der Waals surface area contributed by atoms with Crippen molar-refractivity contribution >= 4 is 34.2 Å². The third-order valence-corrected chi connectivity index (χ3v) is 8.04. The number of nitrogen functional groups attached to an aromatic ring is 1. The number of piperidine rings is 2. The Hall–Kier alpha value is -3.46. The van der Waals surface area contributed by atoms with Gasteiger partial charge >= 0.3 is 11.8 Å². The first kappa shape index (κ1) is 26.2. The smallest absolute Gasteiger partial charge is 0.313 e. The van der Waals surface area contributed by atoms with E-state index in [0.29, 0.717) is 42.3 Å². The summed E-state index contributed by atoms with van der Waals surface area (Å²) in [5, 5.41) is 8.78. The molecule has 2 fully saturated rings. The number of fused-ring (bicyclic) bond motifs is 1. The average molecular weight is 518 g/mol. The number of nitrogens with two attached hydrogens (primary N) is 1. The Kier molecular flexibility index (Phi) is 7.38. The molecule has 0 saturated carbocycles. The first-order chi connectivity index (χ1) is 18.2. The molecular weight excluding hydrogens is 478 g/mol. The average Bonchev–Trinajstić information content (AvgIpc) is 3.32. The maximum atomic E-state index is 13.4. The summed E-state index contributed by atoms with van der Waals surface area (Å²) in [6, 6.07) is 8.23. The van der Waals surface area contributed by atoms with Crippen LogP contribution in [-0.4, -0.2) is 63.1 Å². The van der Waals surface area contributed by atoms with Crippen LogP contribution in [0.1, 0.15) is 63.2 Å². The third kappa shape index (κ3) is 5.38. The van der Waals surface area contributed by atoms with Crippen molar-refractivity contribution in [2.45, 2.75) is 58.5 Å². The molecule has 0 spiro atoms. The van der Waals surface area contributed by atoms with Crippen LogP contribution in [0.25, 0.3) is 10.9 Å². The van der Waals surface area contributed by atoms with Crippen LogP contribution in [0.4, 0.5) is 11.5 Å². The Morgan fingerprint density at radius 3 is 2.68 bits per heavy atom. The number of nitrogens with one attached hydrogen (secondary N) is 1. The Morgan fingerprint density at radius 2 is 1.92 bits per heavy atom. The first-order valence-corrected chi connectivity index (χ1v) is 13.8. The predicted octanol–water partition coefficient (Wildman–Crippen LogP) is 4.03. The summed E-state index contributed by atoms with van der Waals surface area (Å²) in [6.45, 7) is 9.04. The highest BCUT2D eigenvalue weighted by molar-refractivity contribution is 6.39. The summed E-state index contributed by atoms with van der Waals surface area (Å²) in [4.78, 5) is 34.7. The molecule has 202 valence electrons. The molecule has 0 unspecified atom stereocenters. The van der Waals surface area contributed by atoms with E-state index in [4.69, 9.17) is 10.8 Å². The van der Waals surface area contributed by atoms with Crippen molar-refractivity contribution in [3.63, 3.8) is 0 Å². The van der Waals surface area contributed by atoms with Crippen molar-refractivity contribution < 1.29 is 9.59 Å². The van der Waals surface area contributed by atoms with Crippen LogP contribution in [0.2, 0.25) is 0 Å². The normalized spacial score (nSPS) is 24.5. The van der Waals surface area contributed by atoms with Gasteiger partial charge < -0.3 is 20.9 Å². The lowest BCUT2D eigenvalue weighted by Gasteiger charge is -2.38. The number of nitrogens with zero attached hydrogens (tertiary/aromatic N) is 5. The summed E-state index contributed by atoms with van der Waals surface area (Å²) >= 11 is 0. The van der Waals surface area contributed by atoms with Crippen molar-refractivity contribution in [2.24, 2.45) is 11.8 Å². The molecule has 9 heteroatoms. The second-order valence-corrected chi connectivity index (χ2v) is 11.4. The van der Waals surface area contributed by atoms with Gasteiger partial charge in [0.1, 0.15) is 5.82 Å².